The van der Waals surface area contributed by atoms with Crippen LogP contribution in [-0.2, 0) is 4.74 Å². The molecular formula is C20H30N2O3. The van der Waals surface area contributed by atoms with Crippen molar-refractivity contribution in [2.24, 2.45) is 0 Å². The van der Waals surface area contributed by atoms with Crippen molar-refractivity contribution in [3.8, 4) is 5.75 Å². The van der Waals surface area contributed by atoms with Crippen LogP contribution in [0.15, 0.2) is 24.3 Å². The number of carbonyl (C=O) groups excluding carboxylic acids is 1. The second-order valence-electron chi connectivity index (χ2n) is 7.04. The molecule has 1 amide bonds. The average molecular weight is 346 g/mol. The van der Waals surface area contributed by atoms with Crippen molar-refractivity contribution < 1.29 is 14.3 Å². The van der Waals surface area contributed by atoms with E-state index in [1.54, 1.807) is 0 Å². The standard InChI is InChI=1S/C20H30N2O3/c1-2-15-24-17-11-9-16(10-12-17)21-20(23)25-19-8-4-3-7-18(19)22-13-5-6-14-22/h9-12,18-19H,2-8,13-15H2,1H3,(H,21,23)/t18-,19-/m0/s1. The minimum atomic E-state index is -0.349. The van der Waals surface area contributed by atoms with E-state index in [9.17, 15) is 4.79 Å². The fourth-order valence-electron chi connectivity index (χ4n) is 3.84. The van der Waals surface area contributed by atoms with E-state index in [1.807, 2.05) is 24.3 Å². The second-order valence-corrected chi connectivity index (χ2v) is 7.04. The summed E-state index contributed by atoms with van der Waals surface area (Å²) in [6.07, 6.45) is 7.67. The van der Waals surface area contributed by atoms with Crippen LogP contribution in [0.2, 0.25) is 0 Å². The third-order valence-electron chi connectivity index (χ3n) is 5.11. The molecular weight excluding hydrogens is 316 g/mol. The number of hydrogen-bond acceptors (Lipinski definition) is 4. The summed E-state index contributed by atoms with van der Waals surface area (Å²) in [5.74, 6) is 0.821. The highest BCUT2D eigenvalue weighted by Gasteiger charge is 2.34. The number of carbonyl (C=O) groups is 1. The van der Waals surface area contributed by atoms with Crippen molar-refractivity contribution in [1.82, 2.24) is 4.90 Å². The summed E-state index contributed by atoms with van der Waals surface area (Å²) in [7, 11) is 0. The molecule has 0 aromatic heterocycles. The number of nitrogens with zero attached hydrogens (tertiary/aromatic N) is 1. The normalized spacial score (nSPS) is 24.0. The molecule has 1 aliphatic carbocycles. The number of nitrogens with one attached hydrogen (secondary N) is 1. The van der Waals surface area contributed by atoms with E-state index in [4.69, 9.17) is 9.47 Å². The van der Waals surface area contributed by atoms with Gasteiger partial charge in [0, 0.05) is 11.7 Å². The van der Waals surface area contributed by atoms with E-state index in [0.29, 0.717) is 12.6 Å². The molecule has 5 nitrogen and oxygen atoms in total. The number of anilines is 1. The third kappa shape index (κ3) is 5.11. The molecule has 0 spiro atoms. The molecule has 1 heterocycles. The molecule has 138 valence electrons. The molecule has 0 radical (unpaired) electrons. The van der Waals surface area contributed by atoms with Gasteiger partial charge in [-0.15, -0.1) is 0 Å². The van der Waals surface area contributed by atoms with Gasteiger partial charge in [0.15, 0.2) is 0 Å². The van der Waals surface area contributed by atoms with Gasteiger partial charge in [0.05, 0.1) is 6.61 Å². The minimum absolute atomic E-state index is 0.0130. The maximum atomic E-state index is 12.3. The fourth-order valence-corrected chi connectivity index (χ4v) is 3.84. The molecule has 0 unspecified atom stereocenters. The number of rotatable bonds is 6. The number of ether oxygens (including phenoxy) is 2. The molecule has 3 rings (SSSR count). The smallest absolute Gasteiger partial charge is 0.411 e. The topological polar surface area (TPSA) is 50.8 Å². The Morgan fingerprint density at radius 1 is 1.12 bits per heavy atom. The number of amides is 1. The van der Waals surface area contributed by atoms with Gasteiger partial charge < -0.3 is 9.47 Å². The Kier molecular flexibility index (Phi) is 6.56. The van der Waals surface area contributed by atoms with E-state index in [1.165, 1.54) is 19.3 Å². The highest BCUT2D eigenvalue weighted by molar-refractivity contribution is 5.84. The number of benzene rings is 1. The van der Waals surface area contributed by atoms with Gasteiger partial charge in [-0.25, -0.2) is 4.79 Å². The summed E-state index contributed by atoms with van der Waals surface area (Å²) in [5.41, 5.74) is 0.738. The minimum Gasteiger partial charge on any atom is -0.494 e. The highest BCUT2D eigenvalue weighted by Crippen LogP contribution is 2.28. The summed E-state index contributed by atoms with van der Waals surface area (Å²) in [5, 5.41) is 2.85. The summed E-state index contributed by atoms with van der Waals surface area (Å²) >= 11 is 0. The lowest BCUT2D eigenvalue weighted by Crippen LogP contribution is -2.46. The molecule has 0 bridgehead atoms. The zero-order valence-corrected chi connectivity index (χ0v) is 15.2. The lowest BCUT2D eigenvalue weighted by molar-refractivity contribution is 0.0176. The fraction of sp³-hybridized carbons (Fsp3) is 0.650. The summed E-state index contributed by atoms with van der Waals surface area (Å²) < 4.78 is 11.4. The SMILES string of the molecule is CCCOc1ccc(NC(=O)O[C@H]2CCCC[C@@H]2N2CCCC2)cc1. The zero-order chi connectivity index (χ0) is 17.5. The molecule has 1 aliphatic heterocycles. The van der Waals surface area contributed by atoms with E-state index >= 15 is 0 Å². The Balaban J connectivity index is 1.52. The van der Waals surface area contributed by atoms with Crippen LogP contribution in [0.3, 0.4) is 0 Å². The monoisotopic (exact) mass is 346 g/mol. The van der Waals surface area contributed by atoms with Crippen LogP contribution in [-0.4, -0.2) is 42.8 Å². The van der Waals surface area contributed by atoms with Crippen LogP contribution in [0.25, 0.3) is 0 Å². The predicted molar refractivity (Wildman–Crippen MR) is 99.2 cm³/mol. The van der Waals surface area contributed by atoms with Gasteiger partial charge in [0.25, 0.3) is 0 Å². The van der Waals surface area contributed by atoms with Crippen molar-refractivity contribution in [3.05, 3.63) is 24.3 Å². The first-order valence-electron chi connectivity index (χ1n) is 9.71. The predicted octanol–water partition coefficient (Wildman–Crippen LogP) is 4.43. The average Bonchev–Trinajstić information content (AvgIpc) is 3.16. The zero-order valence-electron chi connectivity index (χ0n) is 15.2. The summed E-state index contributed by atoms with van der Waals surface area (Å²) in [6.45, 7) is 5.07. The molecule has 25 heavy (non-hydrogen) atoms. The second kappa shape index (κ2) is 9.09. The van der Waals surface area contributed by atoms with Crippen LogP contribution >= 0.6 is 0 Å². The maximum absolute atomic E-state index is 12.3. The first-order chi connectivity index (χ1) is 12.3. The van der Waals surface area contributed by atoms with E-state index in [0.717, 1.165) is 50.2 Å². The lowest BCUT2D eigenvalue weighted by atomic mass is 9.91. The summed E-state index contributed by atoms with van der Waals surface area (Å²) in [4.78, 5) is 14.8. The molecule has 2 aliphatic rings. The van der Waals surface area contributed by atoms with Crippen LogP contribution < -0.4 is 10.1 Å². The molecule has 1 N–H and O–H groups in total. The molecule has 2 atom stereocenters. The van der Waals surface area contributed by atoms with Crippen molar-refractivity contribution in [1.29, 1.82) is 0 Å². The first-order valence-corrected chi connectivity index (χ1v) is 9.71. The van der Waals surface area contributed by atoms with Gasteiger partial charge in [-0.05, 0) is 75.9 Å². The van der Waals surface area contributed by atoms with Crippen LogP contribution in [0.1, 0.15) is 51.9 Å². The van der Waals surface area contributed by atoms with Crippen molar-refractivity contribution >= 4 is 11.8 Å². The van der Waals surface area contributed by atoms with E-state index in [-0.39, 0.29) is 12.2 Å². The van der Waals surface area contributed by atoms with E-state index < -0.39 is 0 Å². The molecule has 1 saturated heterocycles. The molecule has 1 saturated carbocycles. The van der Waals surface area contributed by atoms with Gasteiger partial charge in [-0.2, -0.15) is 0 Å². The Labute approximate surface area is 150 Å². The van der Waals surface area contributed by atoms with Crippen LogP contribution in [0.5, 0.6) is 5.75 Å². The first kappa shape index (κ1) is 18.1. The Bertz CT molecular complexity index is 540. The van der Waals surface area contributed by atoms with Crippen LogP contribution in [0.4, 0.5) is 10.5 Å². The number of likely N-dealkylation sites (tertiary alicyclic amines) is 1. The van der Waals surface area contributed by atoms with E-state index in [2.05, 4.69) is 17.1 Å². The van der Waals surface area contributed by atoms with Gasteiger partial charge in [0.2, 0.25) is 0 Å². The van der Waals surface area contributed by atoms with Gasteiger partial charge in [-0.1, -0.05) is 13.3 Å². The molecule has 1 aromatic rings. The maximum Gasteiger partial charge on any atom is 0.411 e. The number of hydrogen-bond donors (Lipinski definition) is 1. The van der Waals surface area contributed by atoms with Crippen molar-refractivity contribution in [2.75, 3.05) is 25.0 Å². The molecule has 2 fully saturated rings. The van der Waals surface area contributed by atoms with Crippen molar-refractivity contribution in [2.45, 2.75) is 64.0 Å². The molecule has 5 heteroatoms. The van der Waals surface area contributed by atoms with Gasteiger partial charge >= 0.3 is 6.09 Å². The highest BCUT2D eigenvalue weighted by atomic mass is 16.6. The lowest BCUT2D eigenvalue weighted by Gasteiger charge is -2.37. The Morgan fingerprint density at radius 3 is 2.56 bits per heavy atom. The van der Waals surface area contributed by atoms with Gasteiger partial charge in [0.1, 0.15) is 11.9 Å². The van der Waals surface area contributed by atoms with Crippen LogP contribution in [0, 0.1) is 0 Å². The Hall–Kier alpha value is -1.75. The Morgan fingerprint density at radius 2 is 1.84 bits per heavy atom. The molecule has 1 aromatic carbocycles. The largest absolute Gasteiger partial charge is 0.494 e. The summed E-state index contributed by atoms with van der Waals surface area (Å²) in [6, 6.07) is 7.85. The third-order valence-corrected chi connectivity index (χ3v) is 5.11. The van der Waals surface area contributed by atoms with Crippen molar-refractivity contribution in [3.63, 3.8) is 0 Å². The van der Waals surface area contributed by atoms with Gasteiger partial charge in [-0.3, -0.25) is 10.2 Å². The quantitative estimate of drug-likeness (QED) is 0.828.